The van der Waals surface area contributed by atoms with Gasteiger partial charge in [0.1, 0.15) is 5.75 Å². The number of halogens is 1. The van der Waals surface area contributed by atoms with Crippen molar-refractivity contribution in [1.29, 1.82) is 0 Å². The first-order valence-corrected chi connectivity index (χ1v) is 8.44. The highest BCUT2D eigenvalue weighted by atomic mass is 127. The highest BCUT2D eigenvalue weighted by Crippen LogP contribution is 2.14. The Morgan fingerprint density at radius 2 is 2.29 bits per heavy atom. The Morgan fingerprint density at radius 1 is 1.46 bits per heavy atom. The van der Waals surface area contributed by atoms with Crippen LogP contribution in [-0.4, -0.2) is 57.9 Å². The van der Waals surface area contributed by atoms with Gasteiger partial charge in [-0.05, 0) is 37.5 Å². The molecule has 0 bridgehead atoms. The van der Waals surface area contributed by atoms with Gasteiger partial charge in [0.25, 0.3) is 0 Å². The Labute approximate surface area is 162 Å². The number of nitrogens with zero attached hydrogens (tertiary/aromatic N) is 2. The predicted molar refractivity (Wildman–Crippen MR) is 110 cm³/mol. The van der Waals surface area contributed by atoms with Crippen LogP contribution in [0.1, 0.15) is 18.9 Å². The summed E-state index contributed by atoms with van der Waals surface area (Å²) in [5.74, 6) is 2.49. The third-order valence-corrected chi connectivity index (χ3v) is 4.04. The lowest BCUT2D eigenvalue weighted by Gasteiger charge is -2.24. The third kappa shape index (κ3) is 6.84. The van der Waals surface area contributed by atoms with Crippen molar-refractivity contribution in [2.24, 2.45) is 10.9 Å². The molecule has 5 nitrogen and oxygen atoms in total. The minimum absolute atomic E-state index is 0. The fraction of sp³-hybridized carbons (Fsp3) is 0.611. The Hall–Kier alpha value is -1.02. The normalized spacial score (nSPS) is 17.3. The maximum Gasteiger partial charge on any atom is 0.193 e. The molecule has 1 saturated heterocycles. The van der Waals surface area contributed by atoms with E-state index in [0.717, 1.165) is 50.9 Å². The molecular formula is C18H30IN3O2. The second kappa shape index (κ2) is 11.5. The highest BCUT2D eigenvalue weighted by molar-refractivity contribution is 14.0. The number of aliphatic imine (C=N–C) groups is 1. The average molecular weight is 447 g/mol. The van der Waals surface area contributed by atoms with Crippen molar-refractivity contribution in [3.8, 4) is 5.75 Å². The van der Waals surface area contributed by atoms with Crippen LogP contribution in [0.3, 0.4) is 0 Å². The molecule has 1 atom stereocenters. The number of nitrogens with one attached hydrogen (secondary N) is 1. The highest BCUT2D eigenvalue weighted by Gasteiger charge is 2.18. The first-order valence-electron chi connectivity index (χ1n) is 8.44. The van der Waals surface area contributed by atoms with E-state index >= 15 is 0 Å². The molecule has 1 aliphatic rings. The predicted octanol–water partition coefficient (Wildman–Crippen LogP) is 2.79. The van der Waals surface area contributed by atoms with Crippen molar-refractivity contribution in [2.75, 3.05) is 47.0 Å². The van der Waals surface area contributed by atoms with Crippen LogP contribution in [0.2, 0.25) is 0 Å². The molecule has 1 fully saturated rings. The van der Waals surface area contributed by atoms with Gasteiger partial charge >= 0.3 is 0 Å². The van der Waals surface area contributed by atoms with Crippen molar-refractivity contribution in [1.82, 2.24) is 10.2 Å². The average Bonchev–Trinajstić information content (AvgIpc) is 3.05. The van der Waals surface area contributed by atoms with Crippen LogP contribution < -0.4 is 10.1 Å². The van der Waals surface area contributed by atoms with Gasteiger partial charge in [0.05, 0.1) is 13.2 Å². The molecule has 2 rings (SSSR count). The molecule has 1 aromatic carbocycles. The maximum atomic E-state index is 5.54. The fourth-order valence-corrected chi connectivity index (χ4v) is 2.86. The largest absolute Gasteiger partial charge is 0.494 e. The van der Waals surface area contributed by atoms with Crippen LogP contribution in [0, 0.1) is 5.92 Å². The molecule has 6 heteroatoms. The minimum atomic E-state index is 0. The lowest BCUT2D eigenvalue weighted by atomic mass is 10.1. The molecule has 0 aliphatic carbocycles. The number of hydrogen-bond donors (Lipinski definition) is 1. The molecule has 0 aromatic heterocycles. The Balaban J connectivity index is 0.00000288. The zero-order chi connectivity index (χ0) is 16.5. The number of ether oxygens (including phenoxy) is 2. The van der Waals surface area contributed by atoms with Crippen LogP contribution >= 0.6 is 24.0 Å². The Kier molecular flexibility index (Phi) is 10.1. The van der Waals surface area contributed by atoms with Crippen molar-refractivity contribution < 1.29 is 9.47 Å². The van der Waals surface area contributed by atoms with Crippen LogP contribution in [0.25, 0.3) is 0 Å². The summed E-state index contributed by atoms with van der Waals surface area (Å²) in [6.45, 7) is 6.30. The summed E-state index contributed by atoms with van der Waals surface area (Å²) in [4.78, 5) is 6.56. The van der Waals surface area contributed by atoms with E-state index < -0.39 is 0 Å². The van der Waals surface area contributed by atoms with E-state index in [1.807, 2.05) is 26.1 Å². The molecule has 1 aromatic rings. The maximum absolute atomic E-state index is 5.54. The number of benzene rings is 1. The topological polar surface area (TPSA) is 46.1 Å². The lowest BCUT2D eigenvalue weighted by molar-refractivity contribution is 0.181. The van der Waals surface area contributed by atoms with E-state index in [1.54, 1.807) is 0 Å². The minimum Gasteiger partial charge on any atom is -0.494 e. The molecule has 1 aliphatic heterocycles. The molecule has 0 radical (unpaired) electrons. The molecule has 1 unspecified atom stereocenters. The number of rotatable bonds is 7. The van der Waals surface area contributed by atoms with Gasteiger partial charge in [-0.1, -0.05) is 12.1 Å². The van der Waals surface area contributed by atoms with Gasteiger partial charge in [0, 0.05) is 39.7 Å². The summed E-state index contributed by atoms with van der Waals surface area (Å²) in [5, 5.41) is 3.44. The van der Waals surface area contributed by atoms with Gasteiger partial charge in [-0.15, -0.1) is 24.0 Å². The second-order valence-corrected chi connectivity index (χ2v) is 5.91. The van der Waals surface area contributed by atoms with Crippen molar-refractivity contribution in [3.63, 3.8) is 0 Å². The van der Waals surface area contributed by atoms with Crippen LogP contribution in [0.4, 0.5) is 0 Å². The van der Waals surface area contributed by atoms with E-state index in [0.29, 0.717) is 12.5 Å². The van der Waals surface area contributed by atoms with E-state index in [1.165, 1.54) is 5.56 Å². The van der Waals surface area contributed by atoms with E-state index in [2.05, 4.69) is 34.4 Å². The Bertz CT molecular complexity index is 505. The molecule has 0 spiro atoms. The van der Waals surface area contributed by atoms with Crippen molar-refractivity contribution in [2.45, 2.75) is 19.8 Å². The molecule has 24 heavy (non-hydrogen) atoms. The van der Waals surface area contributed by atoms with Crippen LogP contribution in [0.15, 0.2) is 29.3 Å². The van der Waals surface area contributed by atoms with Gasteiger partial charge in [-0.3, -0.25) is 4.99 Å². The second-order valence-electron chi connectivity index (χ2n) is 5.91. The van der Waals surface area contributed by atoms with Gasteiger partial charge in [0.2, 0.25) is 0 Å². The summed E-state index contributed by atoms with van der Waals surface area (Å²) in [6, 6.07) is 8.28. The summed E-state index contributed by atoms with van der Waals surface area (Å²) < 4.78 is 11.0. The van der Waals surface area contributed by atoms with Crippen molar-refractivity contribution >= 4 is 29.9 Å². The van der Waals surface area contributed by atoms with Gasteiger partial charge in [-0.25, -0.2) is 0 Å². The molecule has 136 valence electrons. The zero-order valence-electron chi connectivity index (χ0n) is 15.0. The fourth-order valence-electron chi connectivity index (χ4n) is 2.86. The molecule has 0 saturated carbocycles. The van der Waals surface area contributed by atoms with E-state index in [9.17, 15) is 0 Å². The third-order valence-electron chi connectivity index (χ3n) is 4.04. The van der Waals surface area contributed by atoms with Crippen LogP contribution in [-0.2, 0) is 11.2 Å². The summed E-state index contributed by atoms with van der Waals surface area (Å²) in [5.41, 5.74) is 1.27. The molecular weight excluding hydrogens is 417 g/mol. The summed E-state index contributed by atoms with van der Waals surface area (Å²) in [6.07, 6.45) is 2.09. The number of hydrogen-bond acceptors (Lipinski definition) is 3. The van der Waals surface area contributed by atoms with Gasteiger partial charge in [-0.2, -0.15) is 0 Å². The van der Waals surface area contributed by atoms with Crippen LogP contribution in [0.5, 0.6) is 5.75 Å². The quantitative estimate of drug-likeness (QED) is 0.397. The first-order chi connectivity index (χ1) is 11.2. The van der Waals surface area contributed by atoms with Gasteiger partial charge < -0.3 is 19.7 Å². The molecule has 1 heterocycles. The van der Waals surface area contributed by atoms with Gasteiger partial charge in [0.15, 0.2) is 5.96 Å². The molecule has 1 N–H and O–H groups in total. The summed E-state index contributed by atoms with van der Waals surface area (Å²) in [7, 11) is 3.92. The lowest BCUT2D eigenvalue weighted by Crippen LogP contribution is -2.42. The Morgan fingerprint density at radius 3 is 2.96 bits per heavy atom. The van der Waals surface area contributed by atoms with Crippen molar-refractivity contribution in [3.05, 3.63) is 29.8 Å². The van der Waals surface area contributed by atoms with E-state index in [-0.39, 0.29) is 24.0 Å². The smallest absolute Gasteiger partial charge is 0.193 e. The first kappa shape index (κ1) is 21.0. The number of guanidine groups is 1. The zero-order valence-corrected chi connectivity index (χ0v) is 17.3. The van der Waals surface area contributed by atoms with E-state index in [4.69, 9.17) is 9.47 Å². The standard InChI is InChI=1S/C18H29N3O2.HI/c1-4-23-17-7-5-6-15(12-17)8-10-20-18(19-2)21(3)13-16-9-11-22-14-16;/h5-7,12,16H,4,8-11,13-14H2,1-3H3,(H,19,20);1H. The SMILES string of the molecule is CCOc1cccc(CCNC(=NC)N(C)CC2CCOC2)c1.I. The monoisotopic (exact) mass is 447 g/mol. The molecule has 0 amide bonds. The summed E-state index contributed by atoms with van der Waals surface area (Å²) >= 11 is 0.